The molecule has 3 heteroatoms. The van der Waals surface area contributed by atoms with Gasteiger partial charge in [0.2, 0.25) is 0 Å². The molecule has 4 aromatic carbocycles. The first-order valence-electron chi connectivity index (χ1n) is 11.5. The number of hydrogen-bond donors (Lipinski definition) is 0. The van der Waals surface area contributed by atoms with E-state index in [1.54, 1.807) is 0 Å². The van der Waals surface area contributed by atoms with Gasteiger partial charge in [0.15, 0.2) is 0 Å². The zero-order chi connectivity index (χ0) is 20.9. The van der Waals surface area contributed by atoms with Gasteiger partial charge in [-0.3, -0.25) is 0 Å². The van der Waals surface area contributed by atoms with Crippen molar-refractivity contribution in [1.82, 2.24) is 0 Å². The van der Waals surface area contributed by atoms with Crippen LogP contribution in [-0.4, -0.2) is 0 Å². The van der Waals surface area contributed by atoms with Crippen molar-refractivity contribution >= 4 is 10.8 Å². The predicted octanol–water partition coefficient (Wildman–Crippen LogP) is 3.03. The number of fused-ring (bicyclic) bond motifs is 1. The Hall–Kier alpha value is -1.27. The van der Waals surface area contributed by atoms with Gasteiger partial charge in [0.05, 0.1) is 0 Å². The molecule has 0 heterocycles. The smallest absolute Gasteiger partial charge is 1.00 e. The van der Waals surface area contributed by atoms with Gasteiger partial charge in [-0.05, 0) is 25.8 Å². The van der Waals surface area contributed by atoms with E-state index in [0.29, 0.717) is 0 Å². The summed E-state index contributed by atoms with van der Waals surface area (Å²) in [7, 11) is 0. The molecule has 0 saturated carbocycles. The number of halogens is 2. The summed E-state index contributed by atoms with van der Waals surface area (Å²) in [5.41, 5.74) is 9.40. The summed E-state index contributed by atoms with van der Waals surface area (Å²) in [4.78, 5) is 0. The van der Waals surface area contributed by atoms with Crippen molar-refractivity contribution in [2.75, 3.05) is 0 Å². The van der Waals surface area contributed by atoms with Crippen LogP contribution in [0.25, 0.3) is 33.0 Å². The first-order chi connectivity index (χ1) is 14.7. The van der Waals surface area contributed by atoms with Crippen molar-refractivity contribution in [3.05, 3.63) is 89.5 Å². The number of rotatable bonds is 8. The summed E-state index contributed by atoms with van der Waals surface area (Å²) < 4.78 is 0. The molecule has 0 aliphatic rings. The van der Waals surface area contributed by atoms with Crippen LogP contribution >= 0.6 is 0 Å². The van der Waals surface area contributed by atoms with Crippen molar-refractivity contribution in [1.29, 1.82) is 0 Å². The maximum Gasteiger partial charge on any atom is 3.00 e. The molecule has 171 valence electrons. The summed E-state index contributed by atoms with van der Waals surface area (Å²) in [6.45, 7) is 6.58. The molecule has 33 heavy (non-hydrogen) atoms. The van der Waals surface area contributed by atoms with Gasteiger partial charge in [-0.2, -0.15) is 6.07 Å². The van der Waals surface area contributed by atoms with E-state index in [2.05, 4.69) is 93.6 Å². The average molecular weight is 556 g/mol. The first-order valence-corrected chi connectivity index (χ1v) is 11.5. The molecule has 0 aliphatic carbocycles. The van der Waals surface area contributed by atoms with Crippen LogP contribution in [0.1, 0.15) is 55.7 Å². The SMILES string of the molecule is CCCCCCCc1cc2c(-c3ccc(C)cc3)ccc(-c3ccc(C)cc3)c2[cH-]1.[Cl-].[Cl-].[Zr+3]. The third kappa shape index (κ3) is 7.36. The maximum atomic E-state index is 2.45. The Bertz CT molecular complexity index is 1030. The minimum absolute atomic E-state index is 0. The fourth-order valence-electron chi connectivity index (χ4n) is 4.41. The summed E-state index contributed by atoms with van der Waals surface area (Å²) in [6, 6.07) is 27.4. The largest absolute Gasteiger partial charge is 3.00 e. The molecule has 1 radical (unpaired) electrons. The van der Waals surface area contributed by atoms with Gasteiger partial charge in [0.1, 0.15) is 0 Å². The standard InChI is InChI=1S/C30H33.2ClH.Zr/c1-4-5-6-7-8-9-24-20-29-27(25-14-10-22(2)11-15-25)18-19-28(30(29)21-24)26-16-12-23(3)13-17-26;;;/h10-21H,4-9H2,1-3H3;2*1H;/q-1;;;+3/p-2. The van der Waals surface area contributed by atoms with E-state index in [9.17, 15) is 0 Å². The third-order valence-electron chi connectivity index (χ3n) is 6.24. The molecule has 0 saturated heterocycles. The van der Waals surface area contributed by atoms with E-state index < -0.39 is 0 Å². The van der Waals surface area contributed by atoms with Gasteiger partial charge in [0.25, 0.3) is 0 Å². The van der Waals surface area contributed by atoms with E-state index in [-0.39, 0.29) is 51.0 Å². The van der Waals surface area contributed by atoms with Crippen molar-refractivity contribution in [2.45, 2.75) is 59.3 Å². The zero-order valence-corrected chi connectivity index (χ0v) is 23.9. The number of hydrogen-bond acceptors (Lipinski definition) is 0. The minimum atomic E-state index is 0. The van der Waals surface area contributed by atoms with Gasteiger partial charge in [-0.25, -0.2) is 0 Å². The summed E-state index contributed by atoms with van der Waals surface area (Å²) >= 11 is 0. The second kappa shape index (κ2) is 14.2. The molecule has 0 unspecified atom stereocenters. The van der Waals surface area contributed by atoms with Gasteiger partial charge < -0.3 is 24.8 Å². The first kappa shape index (κ1) is 29.8. The van der Waals surface area contributed by atoms with Crippen LogP contribution in [0.2, 0.25) is 0 Å². The van der Waals surface area contributed by atoms with E-state index in [0.717, 1.165) is 0 Å². The summed E-state index contributed by atoms with van der Waals surface area (Å²) in [5.74, 6) is 0. The van der Waals surface area contributed by atoms with E-state index in [1.807, 2.05) is 0 Å². The molecule has 0 aromatic heterocycles. The normalized spacial score (nSPS) is 10.3. The Kier molecular flexibility index (Phi) is 12.8. The van der Waals surface area contributed by atoms with Crippen LogP contribution in [0, 0.1) is 13.8 Å². The monoisotopic (exact) mass is 553 g/mol. The van der Waals surface area contributed by atoms with Crippen LogP contribution in [0.5, 0.6) is 0 Å². The number of benzene rings is 3. The Labute approximate surface area is 231 Å². The zero-order valence-electron chi connectivity index (χ0n) is 19.9. The van der Waals surface area contributed by atoms with Gasteiger partial charge in [0, 0.05) is 0 Å². The maximum absolute atomic E-state index is 2.45. The number of unbranched alkanes of at least 4 members (excludes halogenated alkanes) is 4. The van der Waals surface area contributed by atoms with Crippen LogP contribution in [0.4, 0.5) is 0 Å². The molecule has 0 aliphatic heterocycles. The third-order valence-corrected chi connectivity index (χ3v) is 6.24. The molecular formula is C30H33Cl2Zr. The van der Waals surface area contributed by atoms with Crippen molar-refractivity contribution in [2.24, 2.45) is 0 Å². The molecule has 0 atom stereocenters. The second-order valence-electron chi connectivity index (χ2n) is 8.75. The predicted molar refractivity (Wildman–Crippen MR) is 132 cm³/mol. The fraction of sp³-hybridized carbons (Fsp3) is 0.300. The Morgan fingerprint density at radius 3 is 1.73 bits per heavy atom. The molecular weight excluding hydrogens is 522 g/mol. The molecule has 0 amide bonds. The molecule has 0 nitrogen and oxygen atoms in total. The molecule has 0 spiro atoms. The van der Waals surface area contributed by atoms with Gasteiger partial charge >= 0.3 is 26.2 Å². The number of aryl methyl sites for hydroxylation is 3. The fourth-order valence-corrected chi connectivity index (χ4v) is 4.41. The summed E-state index contributed by atoms with van der Waals surface area (Å²) in [5, 5.41) is 2.78. The van der Waals surface area contributed by atoms with Crippen molar-refractivity contribution in [3.63, 3.8) is 0 Å². The Morgan fingerprint density at radius 1 is 0.636 bits per heavy atom. The van der Waals surface area contributed by atoms with Crippen LogP contribution in [0.15, 0.2) is 72.8 Å². The molecule has 4 rings (SSSR count). The quantitative estimate of drug-likeness (QED) is 0.232. The molecule has 0 N–H and O–H groups in total. The molecule has 4 aromatic rings. The molecule has 0 bridgehead atoms. The van der Waals surface area contributed by atoms with Crippen LogP contribution in [-0.2, 0) is 32.6 Å². The van der Waals surface area contributed by atoms with Crippen LogP contribution < -0.4 is 24.8 Å². The summed E-state index contributed by atoms with van der Waals surface area (Å²) in [6.07, 6.45) is 7.83. The molecule has 0 fully saturated rings. The van der Waals surface area contributed by atoms with E-state index in [1.165, 1.54) is 88.2 Å². The van der Waals surface area contributed by atoms with Crippen molar-refractivity contribution < 1.29 is 51.0 Å². The van der Waals surface area contributed by atoms with E-state index in [4.69, 9.17) is 0 Å². The Balaban J connectivity index is 0.00000181. The van der Waals surface area contributed by atoms with E-state index >= 15 is 0 Å². The van der Waals surface area contributed by atoms with Gasteiger partial charge in [-0.1, -0.05) is 128 Å². The second-order valence-corrected chi connectivity index (χ2v) is 8.75. The topological polar surface area (TPSA) is 0 Å². The van der Waals surface area contributed by atoms with Crippen LogP contribution in [0.3, 0.4) is 0 Å². The van der Waals surface area contributed by atoms with Gasteiger partial charge in [-0.15, -0.1) is 22.4 Å². The minimum Gasteiger partial charge on any atom is -1.00 e. The van der Waals surface area contributed by atoms with Crippen molar-refractivity contribution in [3.8, 4) is 22.3 Å². The Morgan fingerprint density at radius 2 is 1.15 bits per heavy atom. The average Bonchev–Trinajstić information content (AvgIpc) is 3.18.